The summed E-state index contributed by atoms with van der Waals surface area (Å²) in [6.45, 7) is 3.73. The van der Waals surface area contributed by atoms with Gasteiger partial charge in [-0.15, -0.1) is 0 Å². The second kappa shape index (κ2) is 5.70. The normalized spacial score (nSPS) is 10.6. The average Bonchev–Trinajstić information content (AvgIpc) is 2.37. The molecule has 0 fully saturated rings. The van der Waals surface area contributed by atoms with Gasteiger partial charge >= 0.3 is 0 Å². The number of rotatable bonds is 3. The molecule has 0 amide bonds. The van der Waals surface area contributed by atoms with Crippen molar-refractivity contribution in [2.75, 3.05) is 0 Å². The van der Waals surface area contributed by atoms with Crippen LogP contribution in [0.3, 0.4) is 0 Å². The van der Waals surface area contributed by atoms with E-state index in [1.54, 1.807) is 6.07 Å². The number of hydrogen-bond donors (Lipinski definition) is 0. The summed E-state index contributed by atoms with van der Waals surface area (Å²) in [6.07, 6.45) is 0. The third kappa shape index (κ3) is 3.13. The van der Waals surface area contributed by atoms with Gasteiger partial charge in [0.1, 0.15) is 5.75 Å². The van der Waals surface area contributed by atoms with Crippen molar-refractivity contribution in [3.8, 4) is 11.5 Å². The smallest absolute Gasteiger partial charge is 0.198 e. The van der Waals surface area contributed by atoms with Gasteiger partial charge in [-0.2, -0.15) is 0 Å². The molecule has 1 nitrogen and oxygen atoms in total. The van der Waals surface area contributed by atoms with E-state index < -0.39 is 11.6 Å². The maximum atomic E-state index is 13.8. The lowest BCUT2D eigenvalue weighted by Gasteiger charge is -2.12. The Labute approximate surface area is 119 Å². The van der Waals surface area contributed by atoms with Gasteiger partial charge in [0.15, 0.2) is 17.4 Å². The van der Waals surface area contributed by atoms with Crippen molar-refractivity contribution < 1.29 is 13.5 Å². The van der Waals surface area contributed by atoms with Crippen molar-refractivity contribution in [3.63, 3.8) is 0 Å². The topological polar surface area (TPSA) is 9.23 Å². The summed E-state index contributed by atoms with van der Waals surface area (Å²) in [7, 11) is 0. The van der Waals surface area contributed by atoms with Crippen LogP contribution in [0, 0.1) is 25.5 Å². The zero-order chi connectivity index (χ0) is 14.0. The first-order chi connectivity index (χ1) is 9.01. The molecule has 0 atom stereocenters. The molecule has 0 aromatic heterocycles. The molecule has 0 N–H and O–H groups in total. The SMILES string of the molecule is Cc1ccc(C)c(Oc2c(F)cc(CBr)cc2F)c1. The van der Waals surface area contributed by atoms with Gasteiger partial charge in [-0.05, 0) is 48.7 Å². The molecule has 0 heterocycles. The second-order valence-electron chi connectivity index (χ2n) is 4.39. The molecule has 0 aliphatic heterocycles. The van der Waals surface area contributed by atoms with Crippen LogP contribution in [0.15, 0.2) is 30.3 Å². The molecule has 0 aliphatic carbocycles. The summed E-state index contributed by atoms with van der Waals surface area (Å²) in [5.74, 6) is -1.30. The minimum absolute atomic E-state index is 0.363. The first-order valence-electron chi connectivity index (χ1n) is 5.80. The van der Waals surface area contributed by atoms with Crippen molar-refractivity contribution in [2.45, 2.75) is 19.2 Å². The van der Waals surface area contributed by atoms with E-state index in [4.69, 9.17) is 4.74 Å². The highest BCUT2D eigenvalue weighted by Crippen LogP contribution is 2.31. The van der Waals surface area contributed by atoms with Crippen LogP contribution in [0.2, 0.25) is 0 Å². The molecule has 2 aromatic rings. The molecule has 2 rings (SSSR count). The zero-order valence-corrected chi connectivity index (χ0v) is 12.2. The Kier molecular flexibility index (Phi) is 4.20. The number of halogens is 3. The molecule has 4 heteroatoms. The van der Waals surface area contributed by atoms with Crippen LogP contribution in [0.1, 0.15) is 16.7 Å². The lowest BCUT2D eigenvalue weighted by atomic mass is 10.1. The number of aryl methyl sites for hydroxylation is 2. The van der Waals surface area contributed by atoms with Crippen molar-refractivity contribution in [1.82, 2.24) is 0 Å². The Morgan fingerprint density at radius 2 is 1.68 bits per heavy atom. The largest absolute Gasteiger partial charge is 0.451 e. The van der Waals surface area contributed by atoms with Crippen LogP contribution in [-0.4, -0.2) is 0 Å². The minimum atomic E-state index is -0.699. The summed E-state index contributed by atoms with van der Waals surface area (Å²) in [5, 5.41) is 0.393. The van der Waals surface area contributed by atoms with Crippen LogP contribution in [0.5, 0.6) is 11.5 Å². The summed E-state index contributed by atoms with van der Waals surface area (Å²) in [4.78, 5) is 0. The quantitative estimate of drug-likeness (QED) is 0.698. The monoisotopic (exact) mass is 326 g/mol. The number of hydrogen-bond acceptors (Lipinski definition) is 1. The van der Waals surface area contributed by atoms with Gasteiger partial charge < -0.3 is 4.74 Å². The first-order valence-corrected chi connectivity index (χ1v) is 6.92. The maximum absolute atomic E-state index is 13.8. The third-order valence-corrected chi connectivity index (χ3v) is 3.42. The van der Waals surface area contributed by atoms with E-state index in [9.17, 15) is 8.78 Å². The molecule has 100 valence electrons. The Morgan fingerprint density at radius 1 is 1.05 bits per heavy atom. The summed E-state index contributed by atoms with van der Waals surface area (Å²) in [5.41, 5.74) is 2.33. The van der Waals surface area contributed by atoms with Gasteiger partial charge in [0.2, 0.25) is 0 Å². The average molecular weight is 327 g/mol. The lowest BCUT2D eigenvalue weighted by molar-refractivity contribution is 0.404. The highest BCUT2D eigenvalue weighted by Gasteiger charge is 2.14. The van der Waals surface area contributed by atoms with E-state index in [1.165, 1.54) is 12.1 Å². The number of benzene rings is 2. The molecule has 0 bridgehead atoms. The Bertz CT molecular complexity index is 588. The van der Waals surface area contributed by atoms with E-state index in [1.807, 2.05) is 26.0 Å². The summed E-state index contributed by atoms with van der Waals surface area (Å²) < 4.78 is 33.0. The van der Waals surface area contributed by atoms with Crippen LogP contribution in [0.25, 0.3) is 0 Å². The van der Waals surface area contributed by atoms with Crippen LogP contribution < -0.4 is 4.74 Å². The predicted octanol–water partition coefficient (Wildman–Crippen LogP) is 5.27. The first kappa shape index (κ1) is 14.0. The molecule has 2 aromatic carbocycles. The van der Waals surface area contributed by atoms with Gasteiger partial charge in [-0.3, -0.25) is 0 Å². The number of ether oxygens (including phenoxy) is 1. The Morgan fingerprint density at radius 3 is 2.26 bits per heavy atom. The van der Waals surface area contributed by atoms with E-state index in [0.29, 0.717) is 16.6 Å². The molecular formula is C15H13BrF2O. The van der Waals surface area contributed by atoms with Gasteiger partial charge in [0.05, 0.1) is 0 Å². The second-order valence-corrected chi connectivity index (χ2v) is 4.95. The molecule has 19 heavy (non-hydrogen) atoms. The molecule has 0 spiro atoms. The third-order valence-electron chi connectivity index (χ3n) is 2.77. The van der Waals surface area contributed by atoms with E-state index in [-0.39, 0.29) is 5.75 Å². The van der Waals surface area contributed by atoms with Crippen LogP contribution in [-0.2, 0) is 5.33 Å². The molecule has 0 radical (unpaired) electrons. The Balaban J connectivity index is 2.41. The fourth-order valence-electron chi connectivity index (χ4n) is 1.71. The summed E-state index contributed by atoms with van der Waals surface area (Å²) >= 11 is 3.16. The summed E-state index contributed by atoms with van der Waals surface area (Å²) in [6, 6.07) is 8.05. The zero-order valence-electron chi connectivity index (χ0n) is 10.6. The van der Waals surface area contributed by atoms with E-state index in [2.05, 4.69) is 15.9 Å². The molecule has 0 unspecified atom stereocenters. The molecular weight excluding hydrogens is 314 g/mol. The fraction of sp³-hybridized carbons (Fsp3) is 0.200. The molecule has 0 saturated carbocycles. The van der Waals surface area contributed by atoms with Crippen molar-refractivity contribution in [1.29, 1.82) is 0 Å². The molecule has 0 saturated heterocycles. The fourth-order valence-corrected chi connectivity index (χ4v) is 2.04. The van der Waals surface area contributed by atoms with Crippen molar-refractivity contribution in [3.05, 3.63) is 58.7 Å². The van der Waals surface area contributed by atoms with Crippen molar-refractivity contribution in [2.24, 2.45) is 0 Å². The van der Waals surface area contributed by atoms with Gasteiger partial charge in [0, 0.05) is 5.33 Å². The predicted molar refractivity (Wildman–Crippen MR) is 75.0 cm³/mol. The maximum Gasteiger partial charge on any atom is 0.198 e. The standard InChI is InChI=1S/C15H13BrF2O/c1-9-3-4-10(2)14(5-9)19-15-12(17)6-11(8-16)7-13(15)18/h3-7H,8H2,1-2H3. The highest BCUT2D eigenvalue weighted by atomic mass is 79.9. The lowest BCUT2D eigenvalue weighted by Crippen LogP contribution is -1.96. The van der Waals surface area contributed by atoms with Crippen LogP contribution >= 0.6 is 15.9 Å². The van der Waals surface area contributed by atoms with Crippen LogP contribution in [0.4, 0.5) is 8.78 Å². The Hall–Kier alpha value is -1.42. The minimum Gasteiger partial charge on any atom is -0.451 e. The van der Waals surface area contributed by atoms with Crippen molar-refractivity contribution >= 4 is 15.9 Å². The highest BCUT2D eigenvalue weighted by molar-refractivity contribution is 9.08. The molecule has 0 aliphatic rings. The van der Waals surface area contributed by atoms with E-state index in [0.717, 1.165) is 11.1 Å². The van der Waals surface area contributed by atoms with Gasteiger partial charge in [-0.25, -0.2) is 8.78 Å². The number of alkyl halides is 1. The van der Waals surface area contributed by atoms with E-state index >= 15 is 0 Å². The van der Waals surface area contributed by atoms with Gasteiger partial charge in [-0.1, -0.05) is 28.1 Å². The van der Waals surface area contributed by atoms with Gasteiger partial charge in [0.25, 0.3) is 0 Å².